The molecule has 6 heteroatoms. The van der Waals surface area contributed by atoms with Gasteiger partial charge in [0.2, 0.25) is 0 Å². The average molecular weight is 319 g/mol. The summed E-state index contributed by atoms with van der Waals surface area (Å²) in [4.78, 5) is 0. The molecule has 2 aromatic heterocycles. The van der Waals surface area contributed by atoms with Gasteiger partial charge in [-0.25, -0.2) is 9.36 Å². The molecule has 0 aliphatic heterocycles. The molecule has 106 valence electrons. The zero-order chi connectivity index (χ0) is 14.7. The summed E-state index contributed by atoms with van der Waals surface area (Å²) < 4.78 is 3.60. The molecular formula is C15H12Cl2N4. The Morgan fingerprint density at radius 3 is 1.95 bits per heavy atom. The highest BCUT2D eigenvalue weighted by atomic mass is 35.5. The normalized spacial score (nSPS) is 11.6. The van der Waals surface area contributed by atoms with Crippen LogP contribution in [0.5, 0.6) is 0 Å². The molecule has 0 saturated carbocycles. The largest absolute Gasteiger partial charge is 0.244 e. The predicted octanol–water partition coefficient (Wildman–Crippen LogP) is 4.15. The minimum absolute atomic E-state index is 0.178. The highest BCUT2D eigenvalue weighted by Crippen LogP contribution is 2.26. The lowest BCUT2D eigenvalue weighted by Crippen LogP contribution is -2.16. The van der Waals surface area contributed by atoms with E-state index in [2.05, 4.69) is 10.2 Å². The molecule has 0 saturated heterocycles. The number of aromatic nitrogens is 4. The summed E-state index contributed by atoms with van der Waals surface area (Å²) in [6, 6.07) is 9.17. The van der Waals surface area contributed by atoms with Crippen LogP contribution in [-0.2, 0) is 0 Å². The number of halogens is 2. The second-order valence-electron chi connectivity index (χ2n) is 4.38. The van der Waals surface area contributed by atoms with E-state index in [0.717, 1.165) is 5.56 Å². The highest BCUT2D eigenvalue weighted by Gasteiger charge is 2.10. The van der Waals surface area contributed by atoms with E-state index in [1.807, 2.05) is 54.9 Å². The van der Waals surface area contributed by atoms with Crippen molar-refractivity contribution >= 4 is 29.3 Å². The molecule has 1 aromatic carbocycles. The number of allylic oxidation sites excluding steroid dienone is 1. The number of rotatable bonds is 4. The van der Waals surface area contributed by atoms with E-state index < -0.39 is 0 Å². The molecule has 0 aliphatic rings. The van der Waals surface area contributed by atoms with Gasteiger partial charge in [0.1, 0.15) is 0 Å². The van der Waals surface area contributed by atoms with Crippen LogP contribution in [0.25, 0.3) is 6.08 Å². The Labute approximate surface area is 132 Å². The monoisotopic (exact) mass is 318 g/mol. The first-order valence-electron chi connectivity index (χ1n) is 6.36. The molecule has 3 rings (SSSR count). The van der Waals surface area contributed by atoms with E-state index >= 15 is 0 Å². The van der Waals surface area contributed by atoms with Crippen LogP contribution in [0.2, 0.25) is 10.0 Å². The summed E-state index contributed by atoms with van der Waals surface area (Å²) in [7, 11) is 0. The molecule has 0 amide bonds. The van der Waals surface area contributed by atoms with Crippen LogP contribution in [0, 0.1) is 0 Å². The molecule has 0 unspecified atom stereocenters. The van der Waals surface area contributed by atoms with Gasteiger partial charge in [-0.1, -0.05) is 35.3 Å². The Bertz CT molecular complexity index is 679. The Kier molecular flexibility index (Phi) is 4.08. The van der Waals surface area contributed by atoms with E-state index in [1.54, 1.807) is 21.8 Å². The second-order valence-corrected chi connectivity index (χ2v) is 5.19. The smallest absolute Gasteiger partial charge is 0.162 e. The van der Waals surface area contributed by atoms with Crippen molar-refractivity contribution in [3.63, 3.8) is 0 Å². The van der Waals surface area contributed by atoms with Gasteiger partial charge >= 0.3 is 0 Å². The molecular weight excluding hydrogens is 307 g/mol. The minimum Gasteiger partial charge on any atom is -0.244 e. The maximum atomic E-state index is 6.18. The summed E-state index contributed by atoms with van der Waals surface area (Å²) in [5.41, 5.74) is 0.783. The van der Waals surface area contributed by atoms with Crippen LogP contribution >= 0.6 is 23.2 Å². The van der Waals surface area contributed by atoms with E-state index in [-0.39, 0.29) is 6.17 Å². The fourth-order valence-electron chi connectivity index (χ4n) is 2.02. The molecule has 0 fully saturated rings. The van der Waals surface area contributed by atoms with E-state index in [4.69, 9.17) is 23.2 Å². The Balaban J connectivity index is 1.97. The third kappa shape index (κ3) is 3.01. The van der Waals surface area contributed by atoms with Crippen molar-refractivity contribution in [2.45, 2.75) is 6.17 Å². The van der Waals surface area contributed by atoms with Crippen LogP contribution in [0.1, 0.15) is 11.7 Å². The molecule has 4 nitrogen and oxygen atoms in total. The van der Waals surface area contributed by atoms with Gasteiger partial charge in [0.25, 0.3) is 0 Å². The van der Waals surface area contributed by atoms with Crippen molar-refractivity contribution in [1.82, 2.24) is 19.6 Å². The summed E-state index contributed by atoms with van der Waals surface area (Å²) in [6.45, 7) is 0. The van der Waals surface area contributed by atoms with Crippen molar-refractivity contribution in [3.8, 4) is 0 Å². The lowest BCUT2D eigenvalue weighted by atomic mass is 10.2. The fourth-order valence-corrected chi connectivity index (χ4v) is 2.55. The summed E-state index contributed by atoms with van der Waals surface area (Å²) >= 11 is 12.4. The van der Waals surface area contributed by atoms with Gasteiger partial charge in [-0.05, 0) is 30.3 Å². The van der Waals surface area contributed by atoms with Gasteiger partial charge < -0.3 is 0 Å². The zero-order valence-corrected chi connectivity index (χ0v) is 12.5. The van der Waals surface area contributed by atoms with Crippen LogP contribution in [0.15, 0.2) is 61.2 Å². The van der Waals surface area contributed by atoms with Crippen molar-refractivity contribution in [2.75, 3.05) is 0 Å². The molecule has 0 aliphatic carbocycles. The zero-order valence-electron chi connectivity index (χ0n) is 11.0. The third-order valence-electron chi connectivity index (χ3n) is 3.03. The molecule has 0 atom stereocenters. The van der Waals surface area contributed by atoms with Crippen molar-refractivity contribution < 1.29 is 0 Å². The van der Waals surface area contributed by atoms with Crippen LogP contribution < -0.4 is 0 Å². The molecule has 0 N–H and O–H groups in total. The first-order valence-corrected chi connectivity index (χ1v) is 7.12. The Morgan fingerprint density at radius 2 is 1.48 bits per heavy atom. The number of nitrogens with zero attached hydrogens (tertiary/aromatic N) is 4. The van der Waals surface area contributed by atoms with Crippen LogP contribution in [0.3, 0.4) is 0 Å². The number of benzene rings is 1. The minimum atomic E-state index is -0.178. The lowest BCUT2D eigenvalue weighted by Gasteiger charge is -2.14. The van der Waals surface area contributed by atoms with Gasteiger partial charge in [-0.15, -0.1) is 0 Å². The quantitative estimate of drug-likeness (QED) is 0.724. The van der Waals surface area contributed by atoms with Gasteiger partial charge in [-0.2, -0.15) is 10.2 Å². The first-order chi connectivity index (χ1) is 10.3. The fraction of sp³-hybridized carbons (Fsp3) is 0.0667. The van der Waals surface area contributed by atoms with E-state index in [0.29, 0.717) is 10.0 Å². The maximum absolute atomic E-state index is 6.18. The number of hydrogen-bond donors (Lipinski definition) is 0. The second kappa shape index (κ2) is 6.16. The molecule has 0 spiro atoms. The van der Waals surface area contributed by atoms with Crippen molar-refractivity contribution in [1.29, 1.82) is 0 Å². The molecule has 3 aromatic rings. The molecule has 2 heterocycles. The van der Waals surface area contributed by atoms with Crippen molar-refractivity contribution in [3.05, 3.63) is 76.8 Å². The summed E-state index contributed by atoms with van der Waals surface area (Å²) in [5.74, 6) is 0. The van der Waals surface area contributed by atoms with Gasteiger partial charge in [0.05, 0.1) is 0 Å². The Morgan fingerprint density at radius 1 is 0.905 bits per heavy atom. The molecule has 0 bridgehead atoms. The standard InChI is InChI=1S/C15H12Cl2N4/c16-13-4-1-5-14(17)12(13)6-7-15(20-10-2-8-18-20)21-11-3-9-19-21/h1-11,15H/b7-6+. The molecule has 0 radical (unpaired) electrons. The average Bonchev–Trinajstić information content (AvgIpc) is 3.15. The predicted molar refractivity (Wildman–Crippen MR) is 84.4 cm³/mol. The van der Waals surface area contributed by atoms with Gasteiger partial charge in [-0.3, -0.25) is 0 Å². The van der Waals surface area contributed by atoms with E-state index in [1.165, 1.54) is 0 Å². The van der Waals surface area contributed by atoms with Crippen molar-refractivity contribution in [2.24, 2.45) is 0 Å². The number of hydrogen-bond acceptors (Lipinski definition) is 2. The topological polar surface area (TPSA) is 35.6 Å². The third-order valence-corrected chi connectivity index (χ3v) is 3.69. The van der Waals surface area contributed by atoms with Gasteiger partial charge in [0.15, 0.2) is 6.17 Å². The maximum Gasteiger partial charge on any atom is 0.162 e. The summed E-state index contributed by atoms with van der Waals surface area (Å²) in [5, 5.41) is 9.76. The van der Waals surface area contributed by atoms with Gasteiger partial charge in [0, 0.05) is 40.4 Å². The molecule has 21 heavy (non-hydrogen) atoms. The van der Waals surface area contributed by atoms with Crippen LogP contribution in [0.4, 0.5) is 0 Å². The lowest BCUT2D eigenvalue weighted by molar-refractivity contribution is 0.433. The SMILES string of the molecule is Clc1cccc(Cl)c1/C=C/C(n1cccn1)n1cccn1. The summed E-state index contributed by atoms with van der Waals surface area (Å²) in [6.07, 6.45) is 10.9. The highest BCUT2D eigenvalue weighted by molar-refractivity contribution is 6.37. The van der Waals surface area contributed by atoms with Crippen LogP contribution in [-0.4, -0.2) is 19.6 Å². The van der Waals surface area contributed by atoms with E-state index in [9.17, 15) is 0 Å². The Hall–Kier alpha value is -2.04. The first kappa shape index (κ1) is 13.9.